The molecule has 5 aromatic rings. The van der Waals surface area contributed by atoms with E-state index < -0.39 is 0 Å². The molecule has 0 radical (unpaired) electrons. The van der Waals surface area contributed by atoms with Gasteiger partial charge in [-0.2, -0.15) is 0 Å². The smallest absolute Gasteiger partial charge is 0.260 e. The Morgan fingerprint density at radius 1 is 0.867 bits per heavy atom. The molecule has 0 bridgehead atoms. The molecular formula is C25H17FN2OS. The van der Waals surface area contributed by atoms with Crippen molar-refractivity contribution in [1.82, 2.24) is 4.98 Å². The molecule has 5 heteroatoms. The Morgan fingerprint density at radius 2 is 1.63 bits per heavy atom. The van der Waals surface area contributed by atoms with Gasteiger partial charge in [0.25, 0.3) is 5.91 Å². The Balaban J connectivity index is 1.60. The molecule has 0 aliphatic rings. The van der Waals surface area contributed by atoms with Gasteiger partial charge in [0.2, 0.25) is 0 Å². The van der Waals surface area contributed by atoms with Gasteiger partial charge in [0, 0.05) is 5.56 Å². The lowest BCUT2D eigenvalue weighted by Crippen LogP contribution is -2.30. The monoisotopic (exact) mass is 412 g/mol. The third kappa shape index (κ3) is 3.44. The Bertz CT molecular complexity index is 1360. The number of halogens is 1. The van der Waals surface area contributed by atoms with E-state index in [-0.39, 0.29) is 11.7 Å². The lowest BCUT2D eigenvalue weighted by atomic mass is 10.1. The zero-order valence-corrected chi connectivity index (χ0v) is 16.8. The first-order valence-corrected chi connectivity index (χ1v) is 10.4. The second-order valence-corrected chi connectivity index (χ2v) is 8.03. The third-order valence-corrected chi connectivity index (χ3v) is 6.06. The largest absolute Gasteiger partial charge is 0.279 e. The number of hydrogen-bond acceptors (Lipinski definition) is 3. The molecule has 1 heterocycles. The Kier molecular flexibility index (Phi) is 4.73. The first kappa shape index (κ1) is 18.5. The van der Waals surface area contributed by atoms with Crippen LogP contribution in [0.5, 0.6) is 0 Å². The van der Waals surface area contributed by atoms with Crippen LogP contribution in [-0.2, 0) is 6.54 Å². The minimum atomic E-state index is -0.382. The van der Waals surface area contributed by atoms with Crippen molar-refractivity contribution in [3.63, 3.8) is 0 Å². The zero-order chi connectivity index (χ0) is 20.5. The van der Waals surface area contributed by atoms with Gasteiger partial charge in [-0.15, -0.1) is 0 Å². The molecule has 3 nitrogen and oxygen atoms in total. The van der Waals surface area contributed by atoms with Gasteiger partial charge in [0.05, 0.1) is 11.2 Å². The van der Waals surface area contributed by atoms with E-state index in [9.17, 15) is 9.18 Å². The first-order chi connectivity index (χ1) is 14.7. The van der Waals surface area contributed by atoms with E-state index >= 15 is 0 Å². The van der Waals surface area contributed by atoms with Crippen molar-refractivity contribution in [2.45, 2.75) is 6.54 Å². The number of benzene rings is 4. The van der Waals surface area contributed by atoms with Crippen molar-refractivity contribution in [2.75, 3.05) is 4.90 Å². The molecule has 146 valence electrons. The summed E-state index contributed by atoms with van der Waals surface area (Å²) in [5.41, 5.74) is 1.84. The fourth-order valence-corrected chi connectivity index (χ4v) is 4.47. The summed E-state index contributed by atoms with van der Waals surface area (Å²) in [5.74, 6) is -0.545. The number of nitrogens with zero attached hydrogens (tertiary/aromatic N) is 2. The van der Waals surface area contributed by atoms with Crippen molar-refractivity contribution >= 4 is 43.4 Å². The molecule has 5 rings (SSSR count). The number of hydrogen-bond donors (Lipinski definition) is 0. The summed E-state index contributed by atoms with van der Waals surface area (Å²) in [4.78, 5) is 19.6. The second-order valence-electron chi connectivity index (χ2n) is 7.02. The van der Waals surface area contributed by atoms with Gasteiger partial charge in [-0.1, -0.05) is 78.1 Å². The normalized spacial score (nSPS) is 11.1. The Labute approximate surface area is 177 Å². The number of para-hydroxylation sites is 1. The number of carbonyl (C=O) groups excluding carboxylic acids is 1. The van der Waals surface area contributed by atoms with Crippen LogP contribution in [0.25, 0.3) is 21.0 Å². The SMILES string of the molecule is O=C(c1ccc2ccccc2c1)N(Cc1ccccc1)c1nc2c(F)cccc2s1. The number of fused-ring (bicyclic) bond motifs is 2. The maximum atomic E-state index is 14.2. The van der Waals surface area contributed by atoms with Crippen LogP contribution in [0.1, 0.15) is 15.9 Å². The molecule has 0 spiro atoms. The quantitative estimate of drug-likeness (QED) is 0.340. The zero-order valence-electron chi connectivity index (χ0n) is 16.0. The molecule has 0 N–H and O–H groups in total. The van der Waals surface area contributed by atoms with E-state index in [2.05, 4.69) is 4.98 Å². The lowest BCUT2D eigenvalue weighted by molar-refractivity contribution is 0.0985. The van der Waals surface area contributed by atoms with Gasteiger partial charge in [-0.05, 0) is 40.6 Å². The predicted molar refractivity (Wildman–Crippen MR) is 120 cm³/mol. The fourth-order valence-electron chi connectivity index (χ4n) is 3.49. The maximum absolute atomic E-state index is 14.2. The van der Waals surface area contributed by atoms with Gasteiger partial charge in [0.15, 0.2) is 5.13 Å². The van der Waals surface area contributed by atoms with Crippen molar-refractivity contribution in [3.05, 3.63) is 108 Å². The van der Waals surface area contributed by atoms with Gasteiger partial charge in [-0.25, -0.2) is 9.37 Å². The van der Waals surface area contributed by atoms with Gasteiger partial charge in [-0.3, -0.25) is 9.69 Å². The molecule has 0 atom stereocenters. The van der Waals surface area contributed by atoms with Crippen LogP contribution < -0.4 is 4.90 Å². The summed E-state index contributed by atoms with van der Waals surface area (Å²) in [6.45, 7) is 0.355. The highest BCUT2D eigenvalue weighted by molar-refractivity contribution is 7.22. The highest BCUT2D eigenvalue weighted by atomic mass is 32.1. The predicted octanol–water partition coefficient (Wildman–Crippen LogP) is 6.44. The molecule has 0 unspecified atom stereocenters. The highest BCUT2D eigenvalue weighted by Gasteiger charge is 2.22. The molecule has 1 amide bonds. The van der Waals surface area contributed by atoms with E-state index in [1.54, 1.807) is 11.0 Å². The van der Waals surface area contributed by atoms with E-state index in [4.69, 9.17) is 0 Å². The van der Waals surface area contributed by atoms with Crippen LogP contribution in [-0.4, -0.2) is 10.9 Å². The first-order valence-electron chi connectivity index (χ1n) is 9.59. The lowest BCUT2D eigenvalue weighted by Gasteiger charge is -2.20. The highest BCUT2D eigenvalue weighted by Crippen LogP contribution is 2.32. The summed E-state index contributed by atoms with van der Waals surface area (Å²) in [5, 5.41) is 2.56. The molecule has 0 aliphatic heterocycles. The van der Waals surface area contributed by atoms with E-state index in [0.29, 0.717) is 22.8 Å². The number of anilines is 1. The van der Waals surface area contributed by atoms with E-state index in [1.165, 1.54) is 17.4 Å². The minimum Gasteiger partial charge on any atom is -0.279 e. The molecule has 0 fully saturated rings. The Hall–Kier alpha value is -3.57. The summed E-state index contributed by atoms with van der Waals surface area (Å²) >= 11 is 1.32. The van der Waals surface area contributed by atoms with E-state index in [1.807, 2.05) is 78.9 Å². The minimum absolute atomic E-state index is 0.163. The van der Waals surface area contributed by atoms with Gasteiger partial charge < -0.3 is 0 Å². The van der Waals surface area contributed by atoms with Crippen LogP contribution in [0, 0.1) is 5.82 Å². The van der Waals surface area contributed by atoms with Crippen LogP contribution in [0.15, 0.2) is 91.0 Å². The van der Waals surface area contributed by atoms with Gasteiger partial charge in [0.1, 0.15) is 11.3 Å². The summed E-state index contributed by atoms with van der Waals surface area (Å²) in [6, 6.07) is 28.2. The molecular weight excluding hydrogens is 395 g/mol. The van der Waals surface area contributed by atoms with Crippen molar-refractivity contribution in [3.8, 4) is 0 Å². The molecule has 0 saturated carbocycles. The second kappa shape index (κ2) is 7.69. The average Bonchev–Trinajstić information content (AvgIpc) is 3.23. The number of carbonyl (C=O) groups is 1. The summed E-state index contributed by atoms with van der Waals surface area (Å²) in [6.07, 6.45) is 0. The fraction of sp³-hybridized carbons (Fsp3) is 0.0400. The van der Waals surface area contributed by atoms with Crippen molar-refractivity contribution < 1.29 is 9.18 Å². The van der Waals surface area contributed by atoms with Crippen LogP contribution in [0.2, 0.25) is 0 Å². The van der Waals surface area contributed by atoms with E-state index in [0.717, 1.165) is 21.0 Å². The maximum Gasteiger partial charge on any atom is 0.260 e. The van der Waals surface area contributed by atoms with Gasteiger partial charge >= 0.3 is 0 Å². The van der Waals surface area contributed by atoms with Crippen molar-refractivity contribution in [2.24, 2.45) is 0 Å². The van der Waals surface area contributed by atoms with Crippen LogP contribution in [0.3, 0.4) is 0 Å². The standard InChI is InChI=1S/C25H17FN2OS/c26-21-11-6-12-22-23(21)27-25(30-22)28(16-17-7-2-1-3-8-17)24(29)20-14-13-18-9-4-5-10-19(18)15-20/h1-15H,16H2. The molecule has 30 heavy (non-hydrogen) atoms. The molecule has 4 aromatic carbocycles. The number of amides is 1. The topological polar surface area (TPSA) is 33.2 Å². The van der Waals surface area contributed by atoms with Crippen molar-refractivity contribution in [1.29, 1.82) is 0 Å². The number of thiazole rings is 1. The third-order valence-electron chi connectivity index (χ3n) is 5.01. The summed E-state index contributed by atoms with van der Waals surface area (Å²) in [7, 11) is 0. The Morgan fingerprint density at radius 3 is 2.43 bits per heavy atom. The molecule has 0 aliphatic carbocycles. The molecule has 1 aromatic heterocycles. The molecule has 0 saturated heterocycles. The van der Waals surface area contributed by atoms with Crippen LogP contribution in [0.4, 0.5) is 9.52 Å². The number of rotatable bonds is 4. The summed E-state index contributed by atoms with van der Waals surface area (Å²) < 4.78 is 14.9. The number of aromatic nitrogens is 1. The average molecular weight is 412 g/mol. The van der Waals surface area contributed by atoms with Crippen LogP contribution >= 0.6 is 11.3 Å².